The Morgan fingerprint density at radius 1 is 1.12 bits per heavy atom. The Morgan fingerprint density at radius 2 is 1.88 bits per heavy atom. The van der Waals surface area contributed by atoms with E-state index in [0.717, 1.165) is 30.3 Å². The van der Waals surface area contributed by atoms with E-state index in [0.29, 0.717) is 24.3 Å². The molecular formula is C27H34N4O2Si. The largest absolute Gasteiger partial charge is 0.432 e. The third-order valence-electron chi connectivity index (χ3n) is 6.39. The summed E-state index contributed by atoms with van der Waals surface area (Å²) < 4.78 is 0. The molecule has 3 aromatic rings. The van der Waals surface area contributed by atoms with Crippen molar-refractivity contribution >= 4 is 25.6 Å². The number of pyridine rings is 2. The number of hydrogen-bond donors (Lipinski definition) is 2. The van der Waals surface area contributed by atoms with Crippen molar-refractivity contribution in [1.29, 1.82) is 0 Å². The van der Waals surface area contributed by atoms with Crippen LogP contribution in [0.1, 0.15) is 40.9 Å². The Bertz CT molecular complexity index is 1160. The first-order valence-corrected chi connectivity index (χ1v) is 15.0. The van der Waals surface area contributed by atoms with Gasteiger partial charge in [0.1, 0.15) is 5.82 Å². The average molecular weight is 475 g/mol. The van der Waals surface area contributed by atoms with Gasteiger partial charge in [0.2, 0.25) is 0 Å². The molecule has 6 nitrogen and oxygen atoms in total. The highest BCUT2D eigenvalue weighted by Gasteiger charge is 2.35. The van der Waals surface area contributed by atoms with E-state index in [1.165, 1.54) is 11.3 Å². The quantitative estimate of drug-likeness (QED) is 0.342. The summed E-state index contributed by atoms with van der Waals surface area (Å²) in [4.78, 5) is 34.5. The van der Waals surface area contributed by atoms with Crippen LogP contribution in [0.3, 0.4) is 0 Å². The summed E-state index contributed by atoms with van der Waals surface area (Å²) in [6.45, 7) is 10.8. The van der Waals surface area contributed by atoms with E-state index >= 15 is 0 Å². The minimum Gasteiger partial charge on any atom is -0.432 e. The van der Waals surface area contributed by atoms with Crippen molar-refractivity contribution in [3.63, 3.8) is 0 Å². The summed E-state index contributed by atoms with van der Waals surface area (Å²) in [6, 6.07) is 14.8. The third kappa shape index (κ3) is 5.71. The zero-order valence-corrected chi connectivity index (χ0v) is 21.5. The molecule has 3 heterocycles. The predicted octanol–water partition coefficient (Wildman–Crippen LogP) is 4.81. The van der Waals surface area contributed by atoms with Gasteiger partial charge in [0.25, 0.3) is 0 Å². The van der Waals surface area contributed by atoms with Crippen molar-refractivity contribution in [2.24, 2.45) is 0 Å². The molecule has 178 valence electrons. The van der Waals surface area contributed by atoms with Crippen LogP contribution in [0.15, 0.2) is 61.1 Å². The molecule has 0 saturated carbocycles. The van der Waals surface area contributed by atoms with E-state index in [-0.39, 0.29) is 11.2 Å². The summed E-state index contributed by atoms with van der Waals surface area (Å²) in [6.07, 6.45) is 5.53. The van der Waals surface area contributed by atoms with Gasteiger partial charge in [-0.15, -0.1) is 0 Å². The second-order valence-corrected chi connectivity index (χ2v) is 14.6. The van der Waals surface area contributed by atoms with Gasteiger partial charge < -0.3 is 15.0 Å². The summed E-state index contributed by atoms with van der Waals surface area (Å²) in [7, 11) is -2.13. The molecule has 4 rings (SSSR count). The number of ketones is 1. The number of nitrogens with one attached hydrogen (secondary N) is 1. The number of carbonyl (C=O) groups is 1. The molecule has 34 heavy (non-hydrogen) atoms. The molecule has 0 unspecified atom stereocenters. The standard InChI is InChI=1S/C27H34N4O2Si/c1-27(2)19-31(14-15-34(3,4)33)24-16-21(7-8-23(24)27)17-25(32)22-6-5-11-29-26(22)30-18-20-9-12-28-13-10-20/h5-13,16,33H,14-15,17-19H2,1-4H3,(H,29,30). The van der Waals surface area contributed by atoms with Gasteiger partial charge >= 0.3 is 0 Å². The molecule has 0 bridgehead atoms. The van der Waals surface area contributed by atoms with Crippen molar-refractivity contribution in [2.45, 2.75) is 51.4 Å². The first-order chi connectivity index (χ1) is 16.1. The van der Waals surface area contributed by atoms with E-state index in [2.05, 4.69) is 52.2 Å². The minimum atomic E-state index is -2.13. The Labute approximate surface area is 203 Å². The number of fused-ring (bicyclic) bond motifs is 1. The van der Waals surface area contributed by atoms with Gasteiger partial charge in [0.15, 0.2) is 14.1 Å². The molecule has 1 aliphatic rings. The minimum absolute atomic E-state index is 0.0398. The first kappa shape index (κ1) is 24.1. The molecule has 0 amide bonds. The van der Waals surface area contributed by atoms with Crippen LogP contribution >= 0.6 is 0 Å². The monoisotopic (exact) mass is 474 g/mol. The summed E-state index contributed by atoms with van der Waals surface area (Å²) in [5, 5.41) is 3.30. The van der Waals surface area contributed by atoms with Gasteiger partial charge in [-0.1, -0.05) is 26.0 Å². The fourth-order valence-corrected chi connectivity index (χ4v) is 5.33. The molecular weight excluding hydrogens is 440 g/mol. The lowest BCUT2D eigenvalue weighted by Crippen LogP contribution is -2.35. The first-order valence-electron chi connectivity index (χ1n) is 11.8. The lowest BCUT2D eigenvalue weighted by Gasteiger charge is -2.25. The van der Waals surface area contributed by atoms with Crippen LogP contribution < -0.4 is 10.2 Å². The number of anilines is 2. The Hall–Kier alpha value is -3.03. The van der Waals surface area contributed by atoms with Gasteiger partial charge in [-0.3, -0.25) is 9.78 Å². The zero-order valence-electron chi connectivity index (χ0n) is 20.5. The highest BCUT2D eigenvalue weighted by Crippen LogP contribution is 2.41. The van der Waals surface area contributed by atoms with Crippen LogP contribution in [0.5, 0.6) is 0 Å². The highest BCUT2D eigenvalue weighted by atomic mass is 28.4. The second-order valence-electron chi connectivity index (χ2n) is 10.4. The number of nitrogens with zero attached hydrogens (tertiary/aromatic N) is 3. The number of rotatable bonds is 9. The topological polar surface area (TPSA) is 78.3 Å². The van der Waals surface area contributed by atoms with Crippen molar-refractivity contribution in [2.75, 3.05) is 23.3 Å². The van der Waals surface area contributed by atoms with Gasteiger partial charge in [-0.25, -0.2) is 4.98 Å². The number of carbonyl (C=O) groups excluding carboxylic acids is 1. The van der Waals surface area contributed by atoms with Gasteiger partial charge in [-0.05, 0) is 66.2 Å². The highest BCUT2D eigenvalue weighted by molar-refractivity contribution is 6.69. The average Bonchev–Trinajstić information content (AvgIpc) is 3.06. The van der Waals surface area contributed by atoms with E-state index in [9.17, 15) is 9.59 Å². The fourth-order valence-electron chi connectivity index (χ4n) is 4.51. The maximum Gasteiger partial charge on any atom is 0.184 e. The number of hydrogen-bond acceptors (Lipinski definition) is 6. The number of Topliss-reactive ketones (excluding diaryl/α,β-unsaturated/α-hetero) is 1. The molecule has 2 aromatic heterocycles. The van der Waals surface area contributed by atoms with Crippen molar-refractivity contribution in [3.05, 3.63) is 83.3 Å². The molecule has 0 radical (unpaired) electrons. The van der Waals surface area contributed by atoms with E-state index in [1.54, 1.807) is 24.7 Å². The fraction of sp³-hybridized carbons (Fsp3) is 0.370. The zero-order chi connectivity index (χ0) is 24.3. The SMILES string of the molecule is CC1(C)CN(CC[Si](C)(C)O)c2cc(CC(=O)c3cccnc3NCc3ccncc3)ccc21. The Balaban J connectivity index is 1.51. The number of aromatic nitrogens is 2. The maximum atomic E-state index is 13.3. The smallest absolute Gasteiger partial charge is 0.184 e. The molecule has 1 aliphatic heterocycles. The molecule has 0 aliphatic carbocycles. The lowest BCUT2D eigenvalue weighted by atomic mass is 9.86. The molecule has 0 spiro atoms. The predicted molar refractivity (Wildman–Crippen MR) is 140 cm³/mol. The molecule has 0 saturated heterocycles. The molecule has 7 heteroatoms. The van der Waals surface area contributed by atoms with Crippen molar-refractivity contribution < 1.29 is 9.59 Å². The summed E-state index contributed by atoms with van der Waals surface area (Å²) >= 11 is 0. The Kier molecular flexibility index (Phi) is 6.86. The van der Waals surface area contributed by atoms with Crippen LogP contribution in [0.4, 0.5) is 11.5 Å². The lowest BCUT2D eigenvalue weighted by molar-refractivity contribution is 0.0993. The van der Waals surface area contributed by atoms with Gasteiger partial charge in [0.05, 0.1) is 5.56 Å². The van der Waals surface area contributed by atoms with Crippen LogP contribution in [-0.4, -0.2) is 42.0 Å². The van der Waals surface area contributed by atoms with Gasteiger partial charge in [0, 0.05) is 55.7 Å². The van der Waals surface area contributed by atoms with Crippen LogP contribution in [-0.2, 0) is 18.4 Å². The maximum absolute atomic E-state index is 13.3. The second kappa shape index (κ2) is 9.68. The van der Waals surface area contributed by atoms with E-state index in [1.807, 2.05) is 31.3 Å². The summed E-state index contributed by atoms with van der Waals surface area (Å²) in [5.41, 5.74) is 5.22. The molecule has 2 N–H and O–H groups in total. The van der Waals surface area contributed by atoms with Crippen molar-refractivity contribution in [3.8, 4) is 0 Å². The number of benzene rings is 1. The van der Waals surface area contributed by atoms with Crippen molar-refractivity contribution in [1.82, 2.24) is 9.97 Å². The van der Waals surface area contributed by atoms with Crippen LogP contribution in [0.25, 0.3) is 0 Å². The molecule has 0 atom stereocenters. The normalized spacial score (nSPS) is 14.7. The van der Waals surface area contributed by atoms with E-state index < -0.39 is 8.32 Å². The molecule has 0 fully saturated rings. The summed E-state index contributed by atoms with van der Waals surface area (Å²) in [5.74, 6) is 0.640. The Morgan fingerprint density at radius 3 is 2.62 bits per heavy atom. The van der Waals surface area contributed by atoms with Gasteiger partial charge in [-0.2, -0.15) is 0 Å². The van der Waals surface area contributed by atoms with E-state index in [4.69, 9.17) is 0 Å². The van der Waals surface area contributed by atoms with Crippen LogP contribution in [0, 0.1) is 0 Å². The van der Waals surface area contributed by atoms with Crippen LogP contribution in [0.2, 0.25) is 19.1 Å². The third-order valence-corrected chi connectivity index (χ3v) is 7.84. The molecule has 1 aromatic carbocycles.